The number of aromatic nitrogens is 9. The van der Waals surface area contributed by atoms with Crippen molar-refractivity contribution in [3.8, 4) is 34.7 Å². The van der Waals surface area contributed by atoms with Crippen molar-refractivity contribution >= 4 is 11.0 Å². The molecule has 11 nitrogen and oxygen atoms in total. The smallest absolute Gasteiger partial charge is 0.434 e. The number of halogens is 4. The summed E-state index contributed by atoms with van der Waals surface area (Å²) in [7, 11) is 3.24. The number of methoxy groups -OCH3 is 1. The molecular weight excluding hydrogens is 558 g/mol. The molecule has 0 radical (unpaired) electrons. The molecule has 7 rings (SSSR count). The summed E-state index contributed by atoms with van der Waals surface area (Å²) in [6.45, 7) is -0.132. The van der Waals surface area contributed by atoms with Crippen molar-refractivity contribution in [2.24, 2.45) is 7.05 Å². The van der Waals surface area contributed by atoms with Gasteiger partial charge >= 0.3 is 6.18 Å². The zero-order valence-corrected chi connectivity index (χ0v) is 22.4. The Balaban J connectivity index is 1.21. The normalized spacial score (nSPS) is 15.4. The number of aryl methyl sites for hydroxylation is 1. The molecule has 0 N–H and O–H groups in total. The van der Waals surface area contributed by atoms with Crippen LogP contribution in [0, 0.1) is 5.82 Å². The van der Waals surface area contributed by atoms with Crippen molar-refractivity contribution in [1.29, 1.82) is 0 Å². The molecule has 2 aliphatic carbocycles. The van der Waals surface area contributed by atoms with E-state index in [0.717, 1.165) is 24.7 Å². The van der Waals surface area contributed by atoms with Crippen LogP contribution in [0.3, 0.4) is 0 Å². The van der Waals surface area contributed by atoms with Crippen molar-refractivity contribution < 1.29 is 27.0 Å². The standard InChI is InChI=1S/C27H23F4N9O2/c1-39-9-16-22(38-39)36-23(19-20(14-3-4-14)33-12-34-26(19)41-2)37-25(16)42-11-13-7-17(28)21(32-8-13)24-35-18(27(29,30)31)10-40(24)15-5-6-15/h7-10,12,14-15H,3-6,11H2,1-2H3. The topological polar surface area (TPSA) is 119 Å². The van der Waals surface area contributed by atoms with Gasteiger partial charge in [-0.2, -0.15) is 23.3 Å². The Morgan fingerprint density at radius 2 is 1.81 bits per heavy atom. The lowest BCUT2D eigenvalue weighted by Gasteiger charge is -2.12. The lowest BCUT2D eigenvalue weighted by Crippen LogP contribution is -2.06. The van der Waals surface area contributed by atoms with Crippen LogP contribution in [0.4, 0.5) is 17.6 Å². The Kier molecular flexibility index (Phi) is 6.06. The highest BCUT2D eigenvalue weighted by Crippen LogP contribution is 2.45. The first-order valence-electron chi connectivity index (χ1n) is 13.2. The van der Waals surface area contributed by atoms with E-state index in [2.05, 4.69) is 35.0 Å². The van der Waals surface area contributed by atoms with Crippen LogP contribution in [0.5, 0.6) is 11.8 Å². The number of fused-ring (bicyclic) bond motifs is 1. The molecule has 5 aromatic heterocycles. The molecule has 0 amide bonds. The fourth-order valence-corrected chi connectivity index (χ4v) is 4.84. The third kappa shape index (κ3) is 4.77. The molecule has 2 fully saturated rings. The molecule has 2 aliphatic rings. The zero-order chi connectivity index (χ0) is 29.2. The molecule has 0 aliphatic heterocycles. The minimum atomic E-state index is -4.65. The van der Waals surface area contributed by atoms with E-state index in [4.69, 9.17) is 9.47 Å². The minimum Gasteiger partial charge on any atom is -0.480 e. The van der Waals surface area contributed by atoms with E-state index in [-0.39, 0.29) is 41.8 Å². The molecule has 42 heavy (non-hydrogen) atoms. The summed E-state index contributed by atoms with van der Waals surface area (Å²) in [6, 6.07) is 1.01. The number of alkyl halides is 3. The molecule has 0 atom stereocenters. The fraction of sp³-hybridized carbons (Fsp3) is 0.370. The fourth-order valence-electron chi connectivity index (χ4n) is 4.84. The highest BCUT2D eigenvalue weighted by atomic mass is 19.4. The molecule has 5 aromatic rings. The van der Waals surface area contributed by atoms with E-state index < -0.39 is 17.7 Å². The Morgan fingerprint density at radius 3 is 2.50 bits per heavy atom. The summed E-state index contributed by atoms with van der Waals surface area (Å²) < 4.78 is 69.7. The van der Waals surface area contributed by atoms with Gasteiger partial charge < -0.3 is 14.0 Å². The van der Waals surface area contributed by atoms with Gasteiger partial charge in [-0.05, 0) is 31.7 Å². The lowest BCUT2D eigenvalue weighted by atomic mass is 10.1. The van der Waals surface area contributed by atoms with Gasteiger partial charge in [-0.1, -0.05) is 0 Å². The maximum Gasteiger partial charge on any atom is 0.434 e. The van der Waals surface area contributed by atoms with E-state index in [0.29, 0.717) is 40.9 Å². The van der Waals surface area contributed by atoms with Gasteiger partial charge in [-0.15, -0.1) is 0 Å². The largest absolute Gasteiger partial charge is 0.480 e. The number of hydrogen-bond donors (Lipinski definition) is 0. The van der Waals surface area contributed by atoms with Gasteiger partial charge in [0.15, 0.2) is 28.8 Å². The van der Waals surface area contributed by atoms with Crippen LogP contribution in [-0.2, 0) is 19.8 Å². The number of ether oxygens (including phenoxy) is 2. The summed E-state index contributed by atoms with van der Waals surface area (Å²) in [5.41, 5.74) is 0.710. The van der Waals surface area contributed by atoms with Crippen LogP contribution in [0.1, 0.15) is 54.6 Å². The van der Waals surface area contributed by atoms with Crippen molar-refractivity contribution in [2.75, 3.05) is 7.11 Å². The Bertz CT molecular complexity index is 1830. The number of imidazole rings is 1. The number of hydrogen-bond acceptors (Lipinski definition) is 9. The van der Waals surface area contributed by atoms with Gasteiger partial charge in [0.25, 0.3) is 0 Å². The first kappa shape index (κ1) is 26.2. The second kappa shape index (κ2) is 9.70. The quantitative estimate of drug-likeness (QED) is 0.232. The first-order chi connectivity index (χ1) is 20.2. The molecular formula is C27H23F4N9O2. The van der Waals surface area contributed by atoms with E-state index in [9.17, 15) is 13.2 Å². The third-order valence-corrected chi connectivity index (χ3v) is 7.13. The predicted molar refractivity (Wildman–Crippen MR) is 139 cm³/mol. The van der Waals surface area contributed by atoms with Crippen LogP contribution < -0.4 is 9.47 Å². The average Bonchev–Trinajstić information content (AvgIpc) is 3.89. The number of nitrogens with zero attached hydrogens (tertiary/aromatic N) is 9. The predicted octanol–water partition coefficient (Wildman–Crippen LogP) is 5.04. The van der Waals surface area contributed by atoms with Gasteiger partial charge in [0.1, 0.15) is 29.6 Å². The Labute approximate surface area is 235 Å². The summed E-state index contributed by atoms with van der Waals surface area (Å²) in [6.07, 6.45) is 4.11. The molecule has 0 spiro atoms. The summed E-state index contributed by atoms with van der Waals surface area (Å²) in [4.78, 5) is 25.8. The van der Waals surface area contributed by atoms with Crippen LogP contribution in [-0.4, -0.2) is 51.4 Å². The van der Waals surface area contributed by atoms with E-state index in [1.54, 1.807) is 17.9 Å². The van der Waals surface area contributed by atoms with Crippen molar-refractivity contribution in [1.82, 2.24) is 44.3 Å². The van der Waals surface area contributed by atoms with Crippen LogP contribution in [0.2, 0.25) is 0 Å². The average molecular weight is 582 g/mol. The number of pyridine rings is 1. The zero-order valence-electron chi connectivity index (χ0n) is 22.4. The maximum absolute atomic E-state index is 15.3. The van der Waals surface area contributed by atoms with Gasteiger partial charge in [0, 0.05) is 43.2 Å². The first-order valence-corrected chi connectivity index (χ1v) is 13.2. The van der Waals surface area contributed by atoms with Crippen molar-refractivity contribution in [3.63, 3.8) is 0 Å². The summed E-state index contributed by atoms with van der Waals surface area (Å²) >= 11 is 0. The van der Waals surface area contributed by atoms with Crippen molar-refractivity contribution in [3.05, 3.63) is 53.8 Å². The Morgan fingerprint density at radius 1 is 1.00 bits per heavy atom. The van der Waals surface area contributed by atoms with Gasteiger partial charge in [-0.3, -0.25) is 4.68 Å². The highest BCUT2D eigenvalue weighted by molar-refractivity contribution is 5.82. The number of rotatable bonds is 8. The molecule has 5 heterocycles. The Hall–Kier alpha value is -4.69. The second-order valence-electron chi connectivity index (χ2n) is 10.4. The van der Waals surface area contributed by atoms with Crippen molar-refractivity contribution in [2.45, 2.75) is 50.4 Å². The lowest BCUT2D eigenvalue weighted by molar-refractivity contribution is -0.140. The van der Waals surface area contributed by atoms with Gasteiger partial charge in [0.2, 0.25) is 11.8 Å². The summed E-state index contributed by atoms with van der Waals surface area (Å²) in [5, 5.41) is 4.94. The molecule has 15 heteroatoms. The third-order valence-electron chi connectivity index (χ3n) is 7.13. The van der Waals surface area contributed by atoms with Gasteiger partial charge in [0.05, 0.1) is 12.8 Å². The molecule has 216 valence electrons. The van der Waals surface area contributed by atoms with Crippen LogP contribution >= 0.6 is 0 Å². The van der Waals surface area contributed by atoms with E-state index in [1.165, 1.54) is 30.3 Å². The van der Waals surface area contributed by atoms with Gasteiger partial charge in [-0.25, -0.2) is 29.3 Å². The van der Waals surface area contributed by atoms with E-state index >= 15 is 4.39 Å². The highest BCUT2D eigenvalue weighted by Gasteiger charge is 2.38. The monoisotopic (exact) mass is 581 g/mol. The molecule has 0 aromatic carbocycles. The molecule has 0 bridgehead atoms. The molecule has 0 saturated heterocycles. The SMILES string of the molecule is COc1ncnc(C2CC2)c1-c1nc(OCc2cnc(-c3nc(C(F)(F)F)cn3C3CC3)c(F)c2)c2cn(C)nc2n1. The molecule has 2 saturated carbocycles. The summed E-state index contributed by atoms with van der Waals surface area (Å²) in [5.74, 6) is 0.0833. The van der Waals surface area contributed by atoms with Crippen LogP contribution in [0.15, 0.2) is 31.0 Å². The van der Waals surface area contributed by atoms with E-state index in [1.807, 2.05) is 0 Å². The van der Waals surface area contributed by atoms with Crippen LogP contribution in [0.25, 0.3) is 33.9 Å². The molecule has 0 unspecified atom stereocenters. The second-order valence-corrected chi connectivity index (χ2v) is 10.4. The maximum atomic E-state index is 15.3. The minimum absolute atomic E-state index is 0.132.